The van der Waals surface area contributed by atoms with Gasteiger partial charge in [-0.1, -0.05) is 0 Å². The third-order valence-electron chi connectivity index (χ3n) is 3.18. The van der Waals surface area contributed by atoms with Crippen molar-refractivity contribution in [1.29, 1.82) is 0 Å². The maximum Gasteiger partial charge on any atom is 0.315 e. The second kappa shape index (κ2) is 6.18. The van der Waals surface area contributed by atoms with Crippen molar-refractivity contribution in [3.8, 4) is 0 Å². The summed E-state index contributed by atoms with van der Waals surface area (Å²) < 4.78 is 4.78. The number of ether oxygens (including phenoxy) is 1. The van der Waals surface area contributed by atoms with Crippen LogP contribution in [0.4, 0.5) is 0 Å². The molecule has 1 aliphatic heterocycles. The Hall–Kier alpha value is -1.10. The molecule has 1 heterocycles. The molecule has 5 nitrogen and oxygen atoms in total. The Labute approximate surface area is 109 Å². The van der Waals surface area contributed by atoms with Gasteiger partial charge in [-0.25, -0.2) is 0 Å². The second-order valence-electron chi connectivity index (χ2n) is 5.52. The molecule has 0 unspecified atom stereocenters. The van der Waals surface area contributed by atoms with Gasteiger partial charge in [0.05, 0.1) is 6.61 Å². The molecule has 1 rings (SSSR count). The number of rotatable bonds is 3. The van der Waals surface area contributed by atoms with Crippen LogP contribution in [0.25, 0.3) is 0 Å². The number of hydrogen-bond acceptors (Lipinski definition) is 4. The van der Waals surface area contributed by atoms with Crippen LogP contribution < -0.4 is 0 Å². The number of piperazine rings is 1. The van der Waals surface area contributed by atoms with E-state index in [0.29, 0.717) is 19.7 Å². The quantitative estimate of drug-likeness (QED) is 0.555. The first-order valence-electron chi connectivity index (χ1n) is 6.53. The minimum atomic E-state index is -0.430. The fourth-order valence-corrected chi connectivity index (χ4v) is 2.07. The van der Waals surface area contributed by atoms with E-state index >= 15 is 0 Å². The highest BCUT2D eigenvalue weighted by molar-refractivity contribution is 5.94. The van der Waals surface area contributed by atoms with Gasteiger partial charge in [0.25, 0.3) is 0 Å². The fourth-order valence-electron chi connectivity index (χ4n) is 2.07. The summed E-state index contributed by atoms with van der Waals surface area (Å²) in [6, 6.07) is 0. The molecule has 0 spiro atoms. The maximum absolute atomic E-state index is 11.8. The molecule has 0 aromatic heterocycles. The Morgan fingerprint density at radius 3 is 2.11 bits per heavy atom. The van der Waals surface area contributed by atoms with Crippen molar-refractivity contribution in [1.82, 2.24) is 9.80 Å². The van der Waals surface area contributed by atoms with E-state index in [0.717, 1.165) is 13.1 Å². The molecule has 0 aromatic carbocycles. The molecule has 1 aliphatic rings. The summed E-state index contributed by atoms with van der Waals surface area (Å²) >= 11 is 0. The van der Waals surface area contributed by atoms with E-state index in [1.165, 1.54) is 0 Å². The third-order valence-corrected chi connectivity index (χ3v) is 3.18. The molecule has 0 atom stereocenters. The van der Waals surface area contributed by atoms with Gasteiger partial charge in [-0.15, -0.1) is 0 Å². The lowest BCUT2D eigenvalue weighted by atomic mass is 10.0. The maximum atomic E-state index is 11.8. The van der Waals surface area contributed by atoms with Gasteiger partial charge >= 0.3 is 5.97 Å². The van der Waals surface area contributed by atoms with Crippen LogP contribution in [0.3, 0.4) is 0 Å². The molecular formula is C13H24N2O3. The summed E-state index contributed by atoms with van der Waals surface area (Å²) in [7, 11) is 0. The van der Waals surface area contributed by atoms with Crippen molar-refractivity contribution in [2.24, 2.45) is 0 Å². The second-order valence-corrected chi connectivity index (χ2v) is 5.52. The molecular weight excluding hydrogens is 232 g/mol. The standard InChI is InChI=1S/C13H24N2O3/c1-5-18-12(17)10-11(16)14-6-8-15(9-7-14)13(2,3)4/h5-10H2,1-4H3. The molecule has 1 amide bonds. The minimum absolute atomic E-state index is 0.123. The average Bonchev–Trinajstić information content (AvgIpc) is 2.28. The Kier molecular flexibility index (Phi) is 5.14. The molecule has 0 aromatic rings. The number of amides is 1. The van der Waals surface area contributed by atoms with Crippen molar-refractivity contribution < 1.29 is 14.3 Å². The Morgan fingerprint density at radius 1 is 1.11 bits per heavy atom. The Balaban J connectivity index is 2.39. The summed E-state index contributed by atoms with van der Waals surface area (Å²) in [4.78, 5) is 27.2. The summed E-state index contributed by atoms with van der Waals surface area (Å²) in [6.45, 7) is 11.7. The van der Waals surface area contributed by atoms with E-state index < -0.39 is 5.97 Å². The zero-order valence-corrected chi connectivity index (χ0v) is 11.9. The monoisotopic (exact) mass is 256 g/mol. The first kappa shape index (κ1) is 15.0. The number of carbonyl (C=O) groups excluding carboxylic acids is 2. The first-order chi connectivity index (χ1) is 8.34. The van der Waals surface area contributed by atoms with Crippen LogP contribution in [0.5, 0.6) is 0 Å². The highest BCUT2D eigenvalue weighted by Crippen LogP contribution is 2.16. The van der Waals surface area contributed by atoms with Crippen LogP contribution in [-0.4, -0.2) is 60.0 Å². The van der Waals surface area contributed by atoms with Gasteiger partial charge in [-0.3, -0.25) is 14.5 Å². The van der Waals surface area contributed by atoms with E-state index in [-0.39, 0.29) is 17.9 Å². The van der Waals surface area contributed by atoms with Crippen LogP contribution in [0.15, 0.2) is 0 Å². The van der Waals surface area contributed by atoms with Crippen molar-refractivity contribution in [3.05, 3.63) is 0 Å². The highest BCUT2D eigenvalue weighted by atomic mass is 16.5. The topological polar surface area (TPSA) is 49.9 Å². The largest absolute Gasteiger partial charge is 0.466 e. The molecule has 0 N–H and O–H groups in total. The minimum Gasteiger partial charge on any atom is -0.466 e. The lowest BCUT2D eigenvalue weighted by Crippen LogP contribution is -2.54. The predicted molar refractivity (Wildman–Crippen MR) is 69.2 cm³/mol. The summed E-state index contributed by atoms with van der Waals surface area (Å²) in [5.41, 5.74) is 0.135. The molecule has 0 aliphatic carbocycles. The van der Waals surface area contributed by atoms with Gasteiger partial charge in [0.1, 0.15) is 6.42 Å². The van der Waals surface area contributed by atoms with E-state index in [2.05, 4.69) is 25.7 Å². The summed E-state index contributed by atoms with van der Waals surface area (Å²) in [5.74, 6) is -0.553. The van der Waals surface area contributed by atoms with Gasteiger partial charge < -0.3 is 9.64 Å². The zero-order valence-electron chi connectivity index (χ0n) is 11.9. The molecule has 5 heteroatoms. The van der Waals surface area contributed by atoms with Crippen molar-refractivity contribution in [2.75, 3.05) is 32.8 Å². The SMILES string of the molecule is CCOC(=O)CC(=O)N1CCN(C(C)(C)C)CC1. The van der Waals surface area contributed by atoms with Crippen LogP contribution >= 0.6 is 0 Å². The van der Waals surface area contributed by atoms with Crippen molar-refractivity contribution in [3.63, 3.8) is 0 Å². The van der Waals surface area contributed by atoms with Crippen LogP contribution in [0.2, 0.25) is 0 Å². The van der Waals surface area contributed by atoms with Crippen LogP contribution in [0.1, 0.15) is 34.1 Å². The number of esters is 1. The summed E-state index contributed by atoms with van der Waals surface area (Å²) in [6.07, 6.45) is -0.136. The number of nitrogens with zero attached hydrogens (tertiary/aromatic N) is 2. The van der Waals surface area contributed by atoms with Gasteiger partial charge in [0, 0.05) is 31.7 Å². The van der Waals surface area contributed by atoms with Gasteiger partial charge in [-0.2, -0.15) is 0 Å². The number of hydrogen-bond donors (Lipinski definition) is 0. The highest BCUT2D eigenvalue weighted by Gasteiger charge is 2.28. The molecule has 1 fully saturated rings. The molecule has 0 radical (unpaired) electrons. The fraction of sp³-hybridized carbons (Fsp3) is 0.846. The molecule has 104 valence electrons. The molecule has 1 saturated heterocycles. The van der Waals surface area contributed by atoms with Gasteiger partial charge in [0.2, 0.25) is 5.91 Å². The lowest BCUT2D eigenvalue weighted by Gasteiger charge is -2.42. The van der Waals surface area contributed by atoms with Crippen LogP contribution in [0, 0.1) is 0 Å². The third kappa shape index (κ3) is 4.29. The Bertz CT molecular complexity index is 302. The first-order valence-corrected chi connectivity index (χ1v) is 6.53. The normalized spacial score (nSPS) is 17.7. The lowest BCUT2D eigenvalue weighted by molar-refractivity contribution is -0.149. The number of carbonyl (C=O) groups is 2. The summed E-state index contributed by atoms with van der Waals surface area (Å²) in [5, 5.41) is 0. The van der Waals surface area contributed by atoms with E-state index in [1.807, 2.05) is 0 Å². The average molecular weight is 256 g/mol. The molecule has 18 heavy (non-hydrogen) atoms. The van der Waals surface area contributed by atoms with Crippen molar-refractivity contribution >= 4 is 11.9 Å². The van der Waals surface area contributed by atoms with E-state index in [1.54, 1.807) is 11.8 Å². The van der Waals surface area contributed by atoms with Crippen LogP contribution in [-0.2, 0) is 14.3 Å². The van der Waals surface area contributed by atoms with Gasteiger partial charge in [-0.05, 0) is 27.7 Å². The molecule has 0 bridgehead atoms. The zero-order chi connectivity index (χ0) is 13.8. The molecule has 0 saturated carbocycles. The smallest absolute Gasteiger partial charge is 0.315 e. The van der Waals surface area contributed by atoms with E-state index in [4.69, 9.17) is 4.74 Å². The Morgan fingerprint density at radius 2 is 1.67 bits per heavy atom. The van der Waals surface area contributed by atoms with Crippen molar-refractivity contribution in [2.45, 2.75) is 39.7 Å². The predicted octanol–water partition coefficient (Wildman–Crippen LogP) is 0.882. The van der Waals surface area contributed by atoms with Gasteiger partial charge in [0.15, 0.2) is 0 Å². The van der Waals surface area contributed by atoms with E-state index in [9.17, 15) is 9.59 Å².